The number of nitrogens with one attached hydrogen (secondary N) is 1. The zero-order chi connectivity index (χ0) is 17.4. The molecule has 4 rings (SSSR count). The molecule has 1 aliphatic rings. The molecule has 0 aromatic carbocycles. The third kappa shape index (κ3) is 2.82. The summed E-state index contributed by atoms with van der Waals surface area (Å²) in [7, 11) is 0. The highest BCUT2D eigenvalue weighted by Crippen LogP contribution is 2.39. The lowest BCUT2D eigenvalue weighted by Gasteiger charge is -2.25. The van der Waals surface area contributed by atoms with E-state index in [0.717, 1.165) is 6.20 Å². The summed E-state index contributed by atoms with van der Waals surface area (Å²) in [6, 6.07) is 2.69. The van der Waals surface area contributed by atoms with Crippen LogP contribution in [0.3, 0.4) is 0 Å². The van der Waals surface area contributed by atoms with Crippen LogP contribution in [0.4, 0.5) is 8.78 Å². The second kappa shape index (κ2) is 5.65. The van der Waals surface area contributed by atoms with Crippen LogP contribution in [0.25, 0.3) is 17.1 Å². The van der Waals surface area contributed by atoms with Crippen molar-refractivity contribution < 1.29 is 13.3 Å². The van der Waals surface area contributed by atoms with Gasteiger partial charge in [0.15, 0.2) is 5.82 Å². The number of nitrogens with zero attached hydrogens (tertiary/aromatic N) is 6. The van der Waals surface area contributed by atoms with Gasteiger partial charge in [-0.05, 0) is 48.1 Å². The van der Waals surface area contributed by atoms with Gasteiger partial charge in [0.25, 0.3) is 0 Å². The molecule has 0 radical (unpaired) electrons. The maximum atomic E-state index is 14.1. The summed E-state index contributed by atoms with van der Waals surface area (Å²) in [5.74, 6) is -0.147. The average Bonchev–Trinajstić information content (AvgIpc) is 3.27. The number of allylic oxidation sites excluding steroid dienone is 4. The Balaban J connectivity index is 1.67. The van der Waals surface area contributed by atoms with Gasteiger partial charge in [0, 0.05) is 5.57 Å². The van der Waals surface area contributed by atoms with Crippen molar-refractivity contribution in [2.75, 3.05) is 0 Å². The normalized spacial score (nSPS) is 20.3. The van der Waals surface area contributed by atoms with Gasteiger partial charge < -0.3 is 4.52 Å². The number of aromatic amines is 1. The van der Waals surface area contributed by atoms with Crippen molar-refractivity contribution in [3.8, 4) is 11.5 Å². The molecule has 0 saturated carbocycles. The molecule has 0 fully saturated rings. The zero-order valence-electron chi connectivity index (χ0n) is 12.9. The maximum absolute atomic E-state index is 14.1. The van der Waals surface area contributed by atoms with Crippen molar-refractivity contribution in [3.05, 3.63) is 53.8 Å². The SMILES string of the molecule is C[C@]1(c2nc(-c3ccc(F)cn3)no2)C=C(F)C=C(c2nnn[nH]2)C1. The highest BCUT2D eigenvalue weighted by molar-refractivity contribution is 5.66. The molecule has 0 spiro atoms. The number of hydrogen-bond acceptors (Lipinski definition) is 7. The summed E-state index contributed by atoms with van der Waals surface area (Å²) < 4.78 is 32.4. The molecule has 8 nitrogen and oxygen atoms in total. The first-order valence-corrected chi connectivity index (χ1v) is 7.33. The summed E-state index contributed by atoms with van der Waals surface area (Å²) in [5, 5.41) is 17.3. The Hall–Kier alpha value is -3.30. The summed E-state index contributed by atoms with van der Waals surface area (Å²) in [5.41, 5.74) is 0.0503. The molecule has 25 heavy (non-hydrogen) atoms. The van der Waals surface area contributed by atoms with Crippen LogP contribution in [0, 0.1) is 5.82 Å². The predicted octanol–water partition coefficient (Wildman–Crippen LogP) is 2.38. The highest BCUT2D eigenvalue weighted by atomic mass is 19.1. The molecule has 3 aromatic rings. The maximum Gasteiger partial charge on any atom is 0.237 e. The van der Waals surface area contributed by atoms with Crippen LogP contribution >= 0.6 is 0 Å². The third-order valence-electron chi connectivity index (χ3n) is 3.85. The Kier molecular flexibility index (Phi) is 3.45. The van der Waals surface area contributed by atoms with E-state index in [2.05, 4.69) is 35.7 Å². The third-order valence-corrected chi connectivity index (χ3v) is 3.85. The van der Waals surface area contributed by atoms with Crippen molar-refractivity contribution in [2.45, 2.75) is 18.8 Å². The van der Waals surface area contributed by atoms with Crippen LogP contribution in [0.2, 0.25) is 0 Å². The lowest BCUT2D eigenvalue weighted by molar-refractivity contribution is 0.325. The minimum atomic E-state index is -0.883. The topological polar surface area (TPSA) is 106 Å². The number of pyridine rings is 1. The van der Waals surface area contributed by atoms with Crippen LogP contribution in [-0.4, -0.2) is 35.7 Å². The largest absolute Gasteiger partial charge is 0.338 e. The first-order chi connectivity index (χ1) is 12.0. The Labute approximate surface area is 139 Å². The van der Waals surface area contributed by atoms with Crippen LogP contribution in [0.15, 0.2) is 40.8 Å². The molecule has 1 aliphatic carbocycles. The van der Waals surface area contributed by atoms with E-state index in [0.29, 0.717) is 23.5 Å². The van der Waals surface area contributed by atoms with E-state index in [1.807, 2.05) is 0 Å². The Morgan fingerprint density at radius 1 is 1.28 bits per heavy atom. The smallest absolute Gasteiger partial charge is 0.237 e. The molecule has 3 aromatic heterocycles. The monoisotopic (exact) mass is 343 g/mol. The molecule has 1 N–H and O–H groups in total. The van der Waals surface area contributed by atoms with Crippen molar-refractivity contribution in [3.63, 3.8) is 0 Å². The lowest BCUT2D eigenvalue weighted by Crippen LogP contribution is -2.23. The minimum Gasteiger partial charge on any atom is -0.338 e. The first-order valence-electron chi connectivity index (χ1n) is 7.33. The van der Waals surface area contributed by atoms with Gasteiger partial charge in [-0.25, -0.2) is 18.9 Å². The first kappa shape index (κ1) is 15.2. The second-order valence-electron chi connectivity index (χ2n) is 5.83. The van der Waals surface area contributed by atoms with Gasteiger partial charge in [0.1, 0.15) is 17.3 Å². The molecule has 0 aliphatic heterocycles. The Morgan fingerprint density at radius 3 is 2.88 bits per heavy atom. The van der Waals surface area contributed by atoms with Crippen LogP contribution < -0.4 is 0 Å². The van der Waals surface area contributed by atoms with Gasteiger partial charge in [-0.3, -0.25) is 0 Å². The fourth-order valence-electron chi connectivity index (χ4n) is 2.66. The molecule has 126 valence electrons. The number of hydrogen-bond donors (Lipinski definition) is 1. The summed E-state index contributed by atoms with van der Waals surface area (Å²) in [6.07, 6.45) is 4.17. The standard InChI is InChI=1S/C15H11F2N7O/c1-15(5-8(4-10(17)6-15)12-20-23-24-21-12)14-19-13(22-25-14)11-3-2-9(16)7-18-11/h2-4,6-7H,5H2,1H3,(H,20,21,23,24)/t15-/m1/s1. The van der Waals surface area contributed by atoms with Crippen LogP contribution in [0.1, 0.15) is 25.1 Å². The predicted molar refractivity (Wildman–Crippen MR) is 80.8 cm³/mol. The second-order valence-corrected chi connectivity index (χ2v) is 5.83. The van der Waals surface area contributed by atoms with Crippen molar-refractivity contribution in [1.29, 1.82) is 0 Å². The minimum absolute atomic E-state index is 0.197. The number of rotatable bonds is 3. The summed E-state index contributed by atoms with van der Waals surface area (Å²) in [6.45, 7) is 1.76. The van der Waals surface area contributed by atoms with E-state index < -0.39 is 17.1 Å². The van der Waals surface area contributed by atoms with Gasteiger partial charge in [-0.2, -0.15) is 4.98 Å². The van der Waals surface area contributed by atoms with Gasteiger partial charge in [0.2, 0.25) is 11.7 Å². The molecule has 10 heteroatoms. The molecule has 0 bridgehead atoms. The molecule has 0 amide bonds. The molecule has 0 saturated heterocycles. The van der Waals surface area contributed by atoms with Crippen molar-refractivity contribution in [1.82, 2.24) is 35.7 Å². The van der Waals surface area contributed by atoms with Crippen molar-refractivity contribution in [2.24, 2.45) is 0 Å². The van der Waals surface area contributed by atoms with Crippen LogP contribution in [-0.2, 0) is 5.41 Å². The van der Waals surface area contributed by atoms with Gasteiger partial charge in [0.05, 0.1) is 11.6 Å². The summed E-state index contributed by atoms with van der Waals surface area (Å²) >= 11 is 0. The Morgan fingerprint density at radius 2 is 2.16 bits per heavy atom. The van der Waals surface area contributed by atoms with Gasteiger partial charge in [-0.1, -0.05) is 5.16 Å². The quantitative estimate of drug-likeness (QED) is 0.778. The molecule has 1 atom stereocenters. The van der Waals surface area contributed by atoms with Gasteiger partial charge >= 0.3 is 0 Å². The van der Waals surface area contributed by atoms with Crippen molar-refractivity contribution >= 4 is 5.57 Å². The molecule has 0 unspecified atom stereocenters. The molecular formula is C15H11F2N7O. The van der Waals surface area contributed by atoms with Gasteiger partial charge in [-0.15, -0.1) is 5.10 Å². The zero-order valence-corrected chi connectivity index (χ0v) is 12.9. The van der Waals surface area contributed by atoms with E-state index in [9.17, 15) is 8.78 Å². The number of tetrazole rings is 1. The fraction of sp³-hybridized carbons (Fsp3) is 0.200. The number of H-pyrrole nitrogens is 1. The van der Waals surface area contributed by atoms with E-state index in [1.165, 1.54) is 24.3 Å². The van der Waals surface area contributed by atoms with E-state index in [4.69, 9.17) is 4.52 Å². The number of aromatic nitrogens is 7. The fourth-order valence-corrected chi connectivity index (χ4v) is 2.66. The number of halogens is 2. The lowest BCUT2D eigenvalue weighted by atomic mass is 9.79. The summed E-state index contributed by atoms with van der Waals surface area (Å²) in [4.78, 5) is 8.20. The highest BCUT2D eigenvalue weighted by Gasteiger charge is 2.36. The van der Waals surface area contributed by atoms with Crippen LogP contribution in [0.5, 0.6) is 0 Å². The molecule has 3 heterocycles. The van der Waals surface area contributed by atoms with E-state index in [1.54, 1.807) is 6.92 Å². The molecular weight excluding hydrogens is 332 g/mol. The average molecular weight is 343 g/mol. The Bertz CT molecular complexity index is 962. The van der Waals surface area contributed by atoms with E-state index >= 15 is 0 Å². The van der Waals surface area contributed by atoms with E-state index in [-0.39, 0.29) is 11.7 Å².